The Bertz CT molecular complexity index is 1460. The Balaban J connectivity index is 1.59. The molecule has 1 aliphatic rings. The number of aryl methyl sites for hydroxylation is 1. The van der Waals surface area contributed by atoms with Crippen molar-refractivity contribution in [3.05, 3.63) is 70.0 Å². The summed E-state index contributed by atoms with van der Waals surface area (Å²) in [7, 11) is 0. The topological polar surface area (TPSA) is 79.2 Å². The monoisotopic (exact) mass is 706 g/mol. The molecule has 0 saturated carbocycles. The number of hydrogen-bond acceptors (Lipinski definition) is 6. The van der Waals surface area contributed by atoms with Crippen LogP contribution in [0.1, 0.15) is 163 Å². The van der Waals surface area contributed by atoms with Gasteiger partial charge < -0.3 is 19.7 Å². The standard InChI is InChI=1S/C45H71NO5/c1-40(2,3)33-24-30(25-34(38(33)48)41(4,5)6)18-17-22-50-23-21-46-44(13,14)28-32(29-45(46,15)16)51-37(47)20-19-31-26-35(42(7,8)9)39(49)36(27-31)43(10,11)12/h17,22,24-27,32,48-49H,18-21,23,28-29H2,1-16H3. The number of allylic oxidation sites excluding steroid dienone is 1. The van der Waals surface area contributed by atoms with Gasteiger partial charge in [-0.25, -0.2) is 0 Å². The number of hydrogen-bond donors (Lipinski definition) is 2. The molecule has 0 aromatic heterocycles. The van der Waals surface area contributed by atoms with Crippen molar-refractivity contribution >= 4 is 5.97 Å². The molecule has 2 aromatic carbocycles. The molecule has 0 unspecified atom stereocenters. The molecule has 286 valence electrons. The van der Waals surface area contributed by atoms with E-state index in [-0.39, 0.29) is 44.8 Å². The summed E-state index contributed by atoms with van der Waals surface area (Å²) in [6.07, 6.45) is 6.82. The highest BCUT2D eigenvalue weighted by atomic mass is 16.5. The molecule has 0 radical (unpaired) electrons. The van der Waals surface area contributed by atoms with E-state index in [4.69, 9.17) is 9.47 Å². The lowest BCUT2D eigenvalue weighted by molar-refractivity contribution is -0.160. The molecule has 2 aromatic rings. The third kappa shape index (κ3) is 11.0. The van der Waals surface area contributed by atoms with E-state index in [1.165, 1.54) is 0 Å². The summed E-state index contributed by atoms with van der Waals surface area (Å²) < 4.78 is 12.2. The number of carbonyl (C=O) groups is 1. The normalized spacial score (nSPS) is 17.6. The van der Waals surface area contributed by atoms with E-state index < -0.39 is 0 Å². The number of piperidine rings is 1. The Kier molecular flexibility index (Phi) is 12.6. The minimum atomic E-state index is -0.214. The molecule has 1 saturated heterocycles. The highest BCUT2D eigenvalue weighted by Crippen LogP contribution is 2.42. The first-order valence-electron chi connectivity index (χ1n) is 19.0. The van der Waals surface area contributed by atoms with Crippen LogP contribution in [0.25, 0.3) is 0 Å². The molecule has 6 nitrogen and oxygen atoms in total. The Morgan fingerprint density at radius 1 is 0.725 bits per heavy atom. The van der Waals surface area contributed by atoms with Crippen molar-refractivity contribution in [3.63, 3.8) is 0 Å². The first kappa shape index (κ1) is 42.4. The number of phenolic OH excluding ortho intramolecular Hbond substituents is 2. The number of benzene rings is 2. The molecule has 1 aliphatic heterocycles. The molecule has 1 fully saturated rings. The van der Waals surface area contributed by atoms with E-state index in [1.54, 1.807) is 6.26 Å². The molecule has 6 heteroatoms. The van der Waals surface area contributed by atoms with Gasteiger partial charge in [-0.2, -0.15) is 0 Å². The van der Waals surface area contributed by atoms with Crippen LogP contribution in [0.4, 0.5) is 0 Å². The molecule has 0 aliphatic carbocycles. The number of esters is 1. The van der Waals surface area contributed by atoms with Crippen molar-refractivity contribution in [2.24, 2.45) is 0 Å². The van der Waals surface area contributed by atoms with Crippen molar-refractivity contribution in [1.82, 2.24) is 4.90 Å². The predicted molar refractivity (Wildman–Crippen MR) is 212 cm³/mol. The van der Waals surface area contributed by atoms with Crippen LogP contribution in [0.2, 0.25) is 0 Å². The molecule has 0 amide bonds. The SMILES string of the molecule is CC(C)(C)c1cc(CC=COCCN2C(C)(C)CC(OC(=O)CCc3cc(C(C)(C)C)c(O)c(C(C)(C)C)c3)CC2(C)C)cc(C(C)(C)C)c1O. The second-order valence-electron chi connectivity index (χ2n) is 20.3. The van der Waals surface area contributed by atoms with Gasteiger partial charge in [0.15, 0.2) is 0 Å². The summed E-state index contributed by atoms with van der Waals surface area (Å²) >= 11 is 0. The highest BCUT2D eigenvalue weighted by molar-refractivity contribution is 5.70. The molecule has 2 N–H and O–H groups in total. The van der Waals surface area contributed by atoms with E-state index in [9.17, 15) is 15.0 Å². The van der Waals surface area contributed by atoms with Crippen LogP contribution in [0.3, 0.4) is 0 Å². The van der Waals surface area contributed by atoms with Gasteiger partial charge in [0.1, 0.15) is 17.6 Å². The third-order valence-electron chi connectivity index (χ3n) is 10.4. The Morgan fingerprint density at radius 3 is 1.51 bits per heavy atom. The van der Waals surface area contributed by atoms with E-state index in [0.717, 1.165) is 59.2 Å². The number of carbonyl (C=O) groups excluding carboxylic acids is 1. The van der Waals surface area contributed by atoms with Crippen LogP contribution in [0.15, 0.2) is 36.6 Å². The van der Waals surface area contributed by atoms with Crippen molar-refractivity contribution in [1.29, 1.82) is 0 Å². The summed E-state index contributed by atoms with van der Waals surface area (Å²) in [5.74, 6) is 0.591. The predicted octanol–water partition coefficient (Wildman–Crippen LogP) is 10.6. The molecular formula is C45H71NO5. The fourth-order valence-corrected chi connectivity index (χ4v) is 7.81. The molecule has 1 heterocycles. The third-order valence-corrected chi connectivity index (χ3v) is 10.4. The van der Waals surface area contributed by atoms with Gasteiger partial charge in [0.05, 0.1) is 12.9 Å². The highest BCUT2D eigenvalue weighted by Gasteiger charge is 2.46. The summed E-state index contributed by atoms with van der Waals surface area (Å²) in [4.78, 5) is 15.7. The quantitative estimate of drug-likeness (QED) is 0.146. The fourth-order valence-electron chi connectivity index (χ4n) is 7.81. The summed E-state index contributed by atoms with van der Waals surface area (Å²) in [5, 5.41) is 22.1. The summed E-state index contributed by atoms with van der Waals surface area (Å²) in [5.41, 5.74) is 4.87. The van der Waals surface area contributed by atoms with E-state index in [0.29, 0.717) is 30.9 Å². The minimum Gasteiger partial charge on any atom is -0.507 e. The van der Waals surface area contributed by atoms with Crippen LogP contribution in [0, 0.1) is 0 Å². The number of nitrogens with zero attached hydrogens (tertiary/aromatic N) is 1. The fraction of sp³-hybridized carbons (Fsp3) is 0.667. The van der Waals surface area contributed by atoms with Crippen molar-refractivity contribution in [3.8, 4) is 11.5 Å². The first-order chi connectivity index (χ1) is 23.0. The average molecular weight is 706 g/mol. The number of likely N-dealkylation sites (tertiary alicyclic amines) is 1. The van der Waals surface area contributed by atoms with Gasteiger partial charge in [-0.1, -0.05) is 107 Å². The molecule has 3 rings (SSSR count). The zero-order chi connectivity index (χ0) is 39.0. The molecule has 0 atom stereocenters. The van der Waals surface area contributed by atoms with Crippen LogP contribution in [-0.4, -0.2) is 51.4 Å². The van der Waals surface area contributed by atoms with Gasteiger partial charge in [-0.15, -0.1) is 0 Å². The number of aromatic hydroxyl groups is 2. The summed E-state index contributed by atoms with van der Waals surface area (Å²) in [6, 6.07) is 8.35. The van der Waals surface area contributed by atoms with E-state index >= 15 is 0 Å². The average Bonchev–Trinajstić information content (AvgIpc) is 2.92. The van der Waals surface area contributed by atoms with Crippen LogP contribution in [0.5, 0.6) is 11.5 Å². The Morgan fingerprint density at radius 2 is 1.12 bits per heavy atom. The van der Waals surface area contributed by atoms with Crippen LogP contribution >= 0.6 is 0 Å². The number of phenols is 2. The van der Waals surface area contributed by atoms with Gasteiger partial charge >= 0.3 is 5.97 Å². The lowest BCUT2D eigenvalue weighted by Gasteiger charge is -2.54. The zero-order valence-corrected chi connectivity index (χ0v) is 35.1. The van der Waals surface area contributed by atoms with Gasteiger partial charge in [-0.3, -0.25) is 9.69 Å². The second-order valence-corrected chi connectivity index (χ2v) is 20.3. The van der Waals surface area contributed by atoms with Gasteiger partial charge in [-0.05, 0) is 102 Å². The minimum absolute atomic E-state index is 0.157. The van der Waals surface area contributed by atoms with Crippen LogP contribution < -0.4 is 0 Å². The Hall–Kier alpha value is -2.99. The summed E-state index contributed by atoms with van der Waals surface area (Å²) in [6.45, 7) is 35.7. The molecule has 0 bridgehead atoms. The lowest BCUT2D eigenvalue weighted by Crippen LogP contribution is -2.62. The molecule has 0 spiro atoms. The maximum absolute atomic E-state index is 13.2. The maximum atomic E-state index is 13.2. The van der Waals surface area contributed by atoms with E-state index in [1.807, 2.05) is 0 Å². The van der Waals surface area contributed by atoms with Crippen molar-refractivity contribution in [2.75, 3.05) is 13.2 Å². The molecule has 51 heavy (non-hydrogen) atoms. The van der Waals surface area contributed by atoms with Gasteiger partial charge in [0, 0.05) is 36.9 Å². The van der Waals surface area contributed by atoms with Gasteiger partial charge in [0.25, 0.3) is 0 Å². The molecular weight excluding hydrogens is 634 g/mol. The first-order valence-corrected chi connectivity index (χ1v) is 19.0. The Labute approximate surface area is 311 Å². The zero-order valence-electron chi connectivity index (χ0n) is 35.1. The maximum Gasteiger partial charge on any atom is 0.306 e. The van der Waals surface area contributed by atoms with Gasteiger partial charge in [0.2, 0.25) is 0 Å². The number of rotatable bonds is 10. The van der Waals surface area contributed by atoms with Crippen molar-refractivity contribution in [2.45, 2.75) is 182 Å². The van der Waals surface area contributed by atoms with Crippen LogP contribution in [-0.2, 0) is 48.8 Å². The smallest absolute Gasteiger partial charge is 0.306 e. The second kappa shape index (κ2) is 15.2. The van der Waals surface area contributed by atoms with E-state index in [2.05, 4.69) is 146 Å². The lowest BCUT2D eigenvalue weighted by atomic mass is 9.78. The number of ether oxygens (including phenoxy) is 2. The van der Waals surface area contributed by atoms with Crippen molar-refractivity contribution < 1.29 is 24.5 Å². The largest absolute Gasteiger partial charge is 0.507 e.